The molecule has 0 fully saturated rings. The van der Waals surface area contributed by atoms with E-state index in [0.717, 1.165) is 22.4 Å². The van der Waals surface area contributed by atoms with Crippen LogP contribution in [0.1, 0.15) is 28.7 Å². The van der Waals surface area contributed by atoms with Gasteiger partial charge in [-0.15, -0.1) is 0 Å². The summed E-state index contributed by atoms with van der Waals surface area (Å²) < 4.78 is 0. The Labute approximate surface area is 149 Å². The first-order chi connectivity index (χ1) is 11.9. The zero-order valence-corrected chi connectivity index (χ0v) is 15.4. The van der Waals surface area contributed by atoms with Crippen LogP contribution in [0.4, 0.5) is 5.69 Å². The topological polar surface area (TPSA) is 49.4 Å². The fourth-order valence-electron chi connectivity index (χ4n) is 2.95. The van der Waals surface area contributed by atoms with Crippen LogP contribution in [0.5, 0.6) is 0 Å². The summed E-state index contributed by atoms with van der Waals surface area (Å²) in [6.45, 7) is 6.04. The van der Waals surface area contributed by atoms with E-state index in [1.165, 1.54) is 10.5 Å². The van der Waals surface area contributed by atoms with Crippen molar-refractivity contribution >= 4 is 17.5 Å². The third kappa shape index (κ3) is 5.45. The molecule has 2 aromatic carbocycles. The monoisotopic (exact) mass is 338 g/mol. The van der Waals surface area contributed by atoms with Gasteiger partial charge in [-0.05, 0) is 43.9 Å². The Balaban J connectivity index is 1.88. The molecule has 0 aliphatic carbocycles. The quantitative estimate of drug-likeness (QED) is 0.874. The van der Waals surface area contributed by atoms with Crippen LogP contribution in [0.25, 0.3) is 0 Å². The van der Waals surface area contributed by atoms with E-state index in [4.69, 9.17) is 0 Å². The van der Waals surface area contributed by atoms with Crippen molar-refractivity contribution in [2.45, 2.75) is 33.6 Å². The molecular formula is C21H26N2O2. The van der Waals surface area contributed by atoms with E-state index in [1.54, 1.807) is 7.05 Å². The number of carbonyl (C=O) groups excluding carboxylic acids is 2. The van der Waals surface area contributed by atoms with Crippen LogP contribution in [-0.2, 0) is 16.0 Å². The highest BCUT2D eigenvalue weighted by Crippen LogP contribution is 2.21. The Morgan fingerprint density at radius 3 is 2.20 bits per heavy atom. The molecular weight excluding hydrogens is 312 g/mol. The average molecular weight is 338 g/mol. The minimum atomic E-state index is -0.175. The maximum Gasteiger partial charge on any atom is 0.243 e. The summed E-state index contributed by atoms with van der Waals surface area (Å²) >= 11 is 0. The van der Waals surface area contributed by atoms with Gasteiger partial charge in [-0.3, -0.25) is 9.59 Å². The molecule has 4 heteroatoms. The number of hydrogen-bond donors (Lipinski definition) is 1. The lowest BCUT2D eigenvalue weighted by atomic mass is 10.1. The second-order valence-corrected chi connectivity index (χ2v) is 6.56. The highest BCUT2D eigenvalue weighted by molar-refractivity contribution is 5.95. The number of rotatable bonds is 6. The van der Waals surface area contributed by atoms with Crippen LogP contribution in [-0.4, -0.2) is 30.3 Å². The molecule has 0 atom stereocenters. The van der Waals surface area contributed by atoms with Gasteiger partial charge in [0.25, 0.3) is 0 Å². The summed E-state index contributed by atoms with van der Waals surface area (Å²) in [5.74, 6) is -0.207. The molecule has 4 nitrogen and oxygen atoms in total. The maximum atomic E-state index is 12.3. The molecule has 2 rings (SSSR count). The van der Waals surface area contributed by atoms with Gasteiger partial charge in [-0.1, -0.05) is 48.0 Å². The van der Waals surface area contributed by atoms with Crippen LogP contribution in [0.15, 0.2) is 42.5 Å². The first kappa shape index (κ1) is 18.7. The Kier molecular flexibility index (Phi) is 6.34. The molecule has 0 saturated carbocycles. The van der Waals surface area contributed by atoms with E-state index in [1.807, 2.05) is 63.2 Å². The molecule has 0 aliphatic rings. The minimum absolute atomic E-state index is 0.0312. The van der Waals surface area contributed by atoms with E-state index in [-0.39, 0.29) is 18.4 Å². The van der Waals surface area contributed by atoms with Gasteiger partial charge in [0.15, 0.2) is 0 Å². The van der Waals surface area contributed by atoms with Crippen molar-refractivity contribution in [3.63, 3.8) is 0 Å². The molecule has 1 N–H and O–H groups in total. The molecule has 2 amide bonds. The number of nitrogens with one attached hydrogen (secondary N) is 1. The average Bonchev–Trinajstić information content (AvgIpc) is 2.56. The number of nitrogens with zero attached hydrogens (tertiary/aromatic N) is 1. The molecule has 0 aromatic heterocycles. The molecule has 132 valence electrons. The van der Waals surface area contributed by atoms with Crippen molar-refractivity contribution in [2.75, 3.05) is 18.9 Å². The Bertz CT molecular complexity index is 731. The summed E-state index contributed by atoms with van der Waals surface area (Å²) in [5.41, 5.74) is 5.19. The lowest BCUT2D eigenvalue weighted by molar-refractivity contribution is -0.133. The fourth-order valence-corrected chi connectivity index (χ4v) is 2.95. The number of anilines is 1. The first-order valence-electron chi connectivity index (χ1n) is 8.52. The van der Waals surface area contributed by atoms with Crippen molar-refractivity contribution in [3.8, 4) is 0 Å². The van der Waals surface area contributed by atoms with Gasteiger partial charge in [0, 0.05) is 19.2 Å². The number of aryl methyl sites for hydroxylation is 4. The molecule has 0 unspecified atom stereocenters. The van der Waals surface area contributed by atoms with Gasteiger partial charge in [0.05, 0.1) is 6.54 Å². The van der Waals surface area contributed by atoms with Crippen molar-refractivity contribution in [1.29, 1.82) is 0 Å². The van der Waals surface area contributed by atoms with E-state index < -0.39 is 0 Å². The van der Waals surface area contributed by atoms with Crippen molar-refractivity contribution in [1.82, 2.24) is 4.90 Å². The molecule has 2 aromatic rings. The zero-order valence-electron chi connectivity index (χ0n) is 15.4. The van der Waals surface area contributed by atoms with Crippen LogP contribution < -0.4 is 5.32 Å². The lowest BCUT2D eigenvalue weighted by Gasteiger charge is -2.18. The predicted molar refractivity (Wildman–Crippen MR) is 102 cm³/mol. The van der Waals surface area contributed by atoms with E-state index in [9.17, 15) is 9.59 Å². The Morgan fingerprint density at radius 1 is 1.00 bits per heavy atom. The predicted octanol–water partition coefficient (Wildman–Crippen LogP) is 3.64. The summed E-state index contributed by atoms with van der Waals surface area (Å²) in [6.07, 6.45) is 1.08. The SMILES string of the molecule is Cc1cc(C)c(NC(=O)CN(C)C(=O)CCc2ccccc2)c(C)c1. The van der Waals surface area contributed by atoms with Crippen LogP contribution in [0, 0.1) is 20.8 Å². The van der Waals surface area contributed by atoms with Gasteiger partial charge >= 0.3 is 0 Å². The van der Waals surface area contributed by atoms with Crippen molar-refractivity contribution in [2.24, 2.45) is 0 Å². The van der Waals surface area contributed by atoms with Gasteiger partial charge in [0.2, 0.25) is 11.8 Å². The van der Waals surface area contributed by atoms with Crippen molar-refractivity contribution < 1.29 is 9.59 Å². The maximum absolute atomic E-state index is 12.3. The van der Waals surface area contributed by atoms with Gasteiger partial charge < -0.3 is 10.2 Å². The first-order valence-corrected chi connectivity index (χ1v) is 8.52. The molecule has 0 heterocycles. The molecule has 25 heavy (non-hydrogen) atoms. The molecule has 0 bridgehead atoms. The van der Waals surface area contributed by atoms with Crippen LogP contribution >= 0.6 is 0 Å². The number of hydrogen-bond acceptors (Lipinski definition) is 2. The number of likely N-dealkylation sites (N-methyl/N-ethyl adjacent to an activating group) is 1. The molecule has 0 spiro atoms. The highest BCUT2D eigenvalue weighted by Gasteiger charge is 2.14. The fraction of sp³-hybridized carbons (Fsp3) is 0.333. The lowest BCUT2D eigenvalue weighted by Crippen LogP contribution is -2.35. The van der Waals surface area contributed by atoms with Gasteiger partial charge in [0.1, 0.15) is 0 Å². The summed E-state index contributed by atoms with van der Waals surface area (Å²) in [7, 11) is 1.67. The smallest absolute Gasteiger partial charge is 0.243 e. The molecule has 0 saturated heterocycles. The number of amides is 2. The van der Waals surface area contributed by atoms with Crippen LogP contribution in [0.2, 0.25) is 0 Å². The zero-order chi connectivity index (χ0) is 18.4. The van der Waals surface area contributed by atoms with E-state index >= 15 is 0 Å². The third-order valence-electron chi connectivity index (χ3n) is 4.22. The standard InChI is InChI=1S/C21H26N2O2/c1-15-12-16(2)21(17(3)13-15)22-19(24)14-23(4)20(25)11-10-18-8-6-5-7-9-18/h5-9,12-13H,10-11,14H2,1-4H3,(H,22,24). The van der Waals surface area contributed by atoms with E-state index in [0.29, 0.717) is 12.8 Å². The largest absolute Gasteiger partial charge is 0.336 e. The van der Waals surface area contributed by atoms with Crippen LogP contribution in [0.3, 0.4) is 0 Å². The number of carbonyl (C=O) groups is 2. The van der Waals surface area contributed by atoms with Crippen molar-refractivity contribution in [3.05, 3.63) is 64.7 Å². The Morgan fingerprint density at radius 2 is 1.60 bits per heavy atom. The number of benzene rings is 2. The minimum Gasteiger partial charge on any atom is -0.336 e. The molecule has 0 radical (unpaired) electrons. The summed E-state index contributed by atoms with van der Waals surface area (Å²) in [4.78, 5) is 26.0. The van der Waals surface area contributed by atoms with Gasteiger partial charge in [-0.25, -0.2) is 0 Å². The second-order valence-electron chi connectivity index (χ2n) is 6.56. The van der Waals surface area contributed by atoms with E-state index in [2.05, 4.69) is 5.32 Å². The van der Waals surface area contributed by atoms with Gasteiger partial charge in [-0.2, -0.15) is 0 Å². The Hall–Kier alpha value is -2.62. The highest BCUT2D eigenvalue weighted by atomic mass is 16.2. The second kappa shape index (κ2) is 8.47. The third-order valence-corrected chi connectivity index (χ3v) is 4.22. The summed E-state index contributed by atoms with van der Waals surface area (Å²) in [5, 5.41) is 2.93. The summed E-state index contributed by atoms with van der Waals surface area (Å²) in [6, 6.07) is 14.0. The molecule has 0 aliphatic heterocycles. The normalized spacial score (nSPS) is 10.4.